The molecule has 0 fully saturated rings. The molecule has 2 amide bonds. The van der Waals surface area contributed by atoms with Gasteiger partial charge < -0.3 is 15.4 Å². The third kappa shape index (κ3) is 7.33. The Labute approximate surface area is 119 Å². The smallest absolute Gasteiger partial charge is 0.409 e. The van der Waals surface area contributed by atoms with Crippen molar-refractivity contribution in [2.24, 2.45) is 5.73 Å². The summed E-state index contributed by atoms with van der Waals surface area (Å²) >= 11 is 0. The molecule has 0 aliphatic heterocycles. The average Bonchev–Trinajstić information content (AvgIpc) is 2.35. The van der Waals surface area contributed by atoms with E-state index in [9.17, 15) is 27.6 Å². The van der Waals surface area contributed by atoms with Crippen LogP contribution in [0, 0.1) is 0 Å². The number of nitrogens with two attached hydrogens (primary N) is 1. The van der Waals surface area contributed by atoms with Crippen LogP contribution >= 0.6 is 0 Å². The van der Waals surface area contributed by atoms with E-state index in [0.29, 0.717) is 6.08 Å². The first-order valence-electron chi connectivity index (χ1n) is 6.02. The molecule has 0 aliphatic rings. The van der Waals surface area contributed by atoms with Crippen molar-refractivity contribution in [3.8, 4) is 0 Å². The molecule has 1 atom stereocenters. The Balaban J connectivity index is 5.09. The standard InChI is InChI=1S/C12H17F3N2O4/c1-3-8(11(16)20)17(6-4-5-12(13,14)15)9(18)7-10(19)21-2/h4-5,8H,3,6-7H2,1-2H3,(H2,16,20)/b5-4+/t8-/m0/s1. The monoisotopic (exact) mass is 310 g/mol. The molecule has 0 aromatic rings. The van der Waals surface area contributed by atoms with Gasteiger partial charge in [-0.15, -0.1) is 0 Å². The molecule has 120 valence electrons. The molecule has 0 aromatic carbocycles. The molecular weight excluding hydrogens is 293 g/mol. The first-order chi connectivity index (χ1) is 9.62. The summed E-state index contributed by atoms with van der Waals surface area (Å²) in [6.07, 6.45) is -4.48. The molecular formula is C12H17F3N2O4. The Kier molecular flexibility index (Phi) is 7.46. The fourth-order valence-electron chi connectivity index (χ4n) is 1.58. The van der Waals surface area contributed by atoms with E-state index >= 15 is 0 Å². The largest absolute Gasteiger partial charge is 0.469 e. The van der Waals surface area contributed by atoms with Crippen LogP contribution in [0.4, 0.5) is 13.2 Å². The van der Waals surface area contributed by atoms with Gasteiger partial charge >= 0.3 is 12.1 Å². The minimum absolute atomic E-state index is 0.0564. The molecule has 21 heavy (non-hydrogen) atoms. The normalized spacial score (nSPS) is 13.0. The molecule has 0 saturated heterocycles. The Bertz CT molecular complexity index is 421. The van der Waals surface area contributed by atoms with Gasteiger partial charge in [-0.2, -0.15) is 13.2 Å². The number of rotatable bonds is 7. The number of primary amides is 1. The number of carbonyl (C=O) groups is 3. The Morgan fingerprint density at radius 1 is 1.33 bits per heavy atom. The van der Waals surface area contributed by atoms with Crippen LogP contribution in [0.15, 0.2) is 12.2 Å². The van der Waals surface area contributed by atoms with Crippen LogP contribution in [-0.4, -0.2) is 48.6 Å². The molecule has 0 rings (SSSR count). The summed E-state index contributed by atoms with van der Waals surface area (Å²) in [5, 5.41) is 0. The zero-order chi connectivity index (χ0) is 16.6. The second-order valence-electron chi connectivity index (χ2n) is 4.07. The Morgan fingerprint density at radius 2 is 1.90 bits per heavy atom. The molecule has 0 aromatic heterocycles. The molecule has 0 spiro atoms. The number of esters is 1. The highest BCUT2D eigenvalue weighted by Gasteiger charge is 2.28. The lowest BCUT2D eigenvalue weighted by Gasteiger charge is -2.27. The lowest BCUT2D eigenvalue weighted by atomic mass is 10.1. The van der Waals surface area contributed by atoms with Crippen molar-refractivity contribution in [2.45, 2.75) is 32.0 Å². The molecule has 2 N–H and O–H groups in total. The van der Waals surface area contributed by atoms with Gasteiger partial charge in [0, 0.05) is 12.6 Å². The van der Waals surface area contributed by atoms with Gasteiger partial charge in [-0.25, -0.2) is 0 Å². The number of ether oxygens (including phenoxy) is 1. The van der Waals surface area contributed by atoms with Crippen molar-refractivity contribution in [1.29, 1.82) is 0 Å². The highest BCUT2D eigenvalue weighted by Crippen LogP contribution is 2.16. The van der Waals surface area contributed by atoms with Crippen LogP contribution in [0.2, 0.25) is 0 Å². The van der Waals surface area contributed by atoms with E-state index in [1.165, 1.54) is 0 Å². The number of halogens is 3. The molecule has 0 aliphatic carbocycles. The molecule has 0 heterocycles. The lowest BCUT2D eigenvalue weighted by molar-refractivity contribution is -0.149. The molecule has 0 unspecified atom stereocenters. The molecule has 0 saturated carbocycles. The van der Waals surface area contributed by atoms with E-state index in [0.717, 1.165) is 12.0 Å². The Morgan fingerprint density at radius 3 is 2.29 bits per heavy atom. The number of methoxy groups -OCH3 is 1. The van der Waals surface area contributed by atoms with Crippen LogP contribution in [0.3, 0.4) is 0 Å². The van der Waals surface area contributed by atoms with Gasteiger partial charge in [0.15, 0.2) is 0 Å². The van der Waals surface area contributed by atoms with Crippen molar-refractivity contribution < 1.29 is 32.3 Å². The Hall–Kier alpha value is -2.06. The summed E-state index contributed by atoms with van der Waals surface area (Å²) in [5.41, 5.74) is 5.11. The van der Waals surface area contributed by atoms with Gasteiger partial charge in [0.25, 0.3) is 0 Å². The van der Waals surface area contributed by atoms with Crippen molar-refractivity contribution in [3.63, 3.8) is 0 Å². The highest BCUT2D eigenvalue weighted by molar-refractivity contribution is 5.96. The maximum atomic E-state index is 12.1. The number of hydrogen-bond donors (Lipinski definition) is 1. The second-order valence-corrected chi connectivity index (χ2v) is 4.07. The van der Waals surface area contributed by atoms with Gasteiger partial charge in [0.2, 0.25) is 11.8 Å². The zero-order valence-corrected chi connectivity index (χ0v) is 11.6. The first-order valence-corrected chi connectivity index (χ1v) is 6.02. The van der Waals surface area contributed by atoms with Gasteiger partial charge in [-0.05, 0) is 6.42 Å². The maximum absolute atomic E-state index is 12.1. The minimum Gasteiger partial charge on any atom is -0.469 e. The zero-order valence-electron chi connectivity index (χ0n) is 11.6. The average molecular weight is 310 g/mol. The second kappa shape index (κ2) is 8.28. The number of hydrogen-bond acceptors (Lipinski definition) is 4. The van der Waals surface area contributed by atoms with E-state index in [2.05, 4.69) is 4.74 Å². The van der Waals surface area contributed by atoms with Gasteiger partial charge in [-0.3, -0.25) is 14.4 Å². The highest BCUT2D eigenvalue weighted by atomic mass is 19.4. The summed E-state index contributed by atoms with van der Waals surface area (Å²) in [7, 11) is 1.06. The summed E-state index contributed by atoms with van der Waals surface area (Å²) in [5.74, 6) is -2.56. The third-order valence-electron chi connectivity index (χ3n) is 2.54. The van der Waals surface area contributed by atoms with Crippen LogP contribution < -0.4 is 5.73 Å². The van der Waals surface area contributed by atoms with Crippen LogP contribution in [0.25, 0.3) is 0 Å². The van der Waals surface area contributed by atoms with Crippen molar-refractivity contribution in [3.05, 3.63) is 12.2 Å². The van der Waals surface area contributed by atoms with Gasteiger partial charge in [0.1, 0.15) is 12.5 Å². The molecule has 9 heteroatoms. The van der Waals surface area contributed by atoms with E-state index < -0.39 is 43.0 Å². The number of nitrogens with zero attached hydrogens (tertiary/aromatic N) is 1. The van der Waals surface area contributed by atoms with E-state index in [-0.39, 0.29) is 12.5 Å². The lowest BCUT2D eigenvalue weighted by Crippen LogP contribution is -2.48. The first kappa shape index (κ1) is 18.9. The summed E-state index contributed by atoms with van der Waals surface area (Å²) in [4.78, 5) is 35.0. The summed E-state index contributed by atoms with van der Waals surface area (Å²) in [6.45, 7) is 1.05. The fourth-order valence-corrected chi connectivity index (χ4v) is 1.58. The molecule has 0 bridgehead atoms. The SMILES string of the molecule is CC[C@@H](C(N)=O)N(C/C=C/C(F)(F)F)C(=O)CC(=O)OC. The van der Waals surface area contributed by atoms with Crippen LogP contribution in [-0.2, 0) is 19.1 Å². The van der Waals surface area contributed by atoms with Crippen molar-refractivity contribution in [1.82, 2.24) is 4.90 Å². The summed E-state index contributed by atoms with van der Waals surface area (Å²) in [6, 6.07) is -1.10. The third-order valence-corrected chi connectivity index (χ3v) is 2.54. The predicted molar refractivity (Wildman–Crippen MR) is 66.8 cm³/mol. The van der Waals surface area contributed by atoms with E-state index in [1.54, 1.807) is 6.92 Å². The fraction of sp³-hybridized carbons (Fsp3) is 0.583. The van der Waals surface area contributed by atoms with Crippen LogP contribution in [0.5, 0.6) is 0 Å². The van der Waals surface area contributed by atoms with Gasteiger partial charge in [-0.1, -0.05) is 13.0 Å². The number of carbonyl (C=O) groups excluding carboxylic acids is 3. The maximum Gasteiger partial charge on any atom is 0.409 e. The van der Waals surface area contributed by atoms with E-state index in [4.69, 9.17) is 5.73 Å². The van der Waals surface area contributed by atoms with Crippen LogP contribution in [0.1, 0.15) is 19.8 Å². The predicted octanol–water partition coefficient (Wildman–Crippen LogP) is 0.760. The number of alkyl halides is 3. The minimum atomic E-state index is -4.54. The van der Waals surface area contributed by atoms with Gasteiger partial charge in [0.05, 0.1) is 7.11 Å². The topological polar surface area (TPSA) is 89.7 Å². The van der Waals surface area contributed by atoms with Crippen molar-refractivity contribution in [2.75, 3.05) is 13.7 Å². The summed E-state index contributed by atoms with van der Waals surface area (Å²) < 4.78 is 40.5. The molecule has 6 nitrogen and oxygen atoms in total. The van der Waals surface area contributed by atoms with Crippen molar-refractivity contribution >= 4 is 17.8 Å². The van der Waals surface area contributed by atoms with E-state index in [1.807, 2.05) is 0 Å². The molecule has 0 radical (unpaired) electrons. The quantitative estimate of drug-likeness (QED) is 0.427. The number of amides is 2. The number of allylic oxidation sites excluding steroid dienone is 1.